The maximum Gasteiger partial charge on any atom is 0.137 e. The average molecular weight is 241 g/mol. The van der Waals surface area contributed by atoms with Crippen molar-refractivity contribution < 1.29 is 9.13 Å². The lowest BCUT2D eigenvalue weighted by Gasteiger charge is -2.07. The minimum atomic E-state index is -0.317. The molecule has 1 aromatic carbocycles. The molecule has 0 atom stereocenters. The van der Waals surface area contributed by atoms with Crippen LogP contribution >= 0.6 is 11.6 Å². The Hall–Kier alpha value is -1.20. The first kappa shape index (κ1) is 12.9. The van der Waals surface area contributed by atoms with E-state index in [1.165, 1.54) is 12.1 Å². The van der Waals surface area contributed by atoms with E-state index >= 15 is 0 Å². The molecule has 0 saturated carbocycles. The molecule has 16 heavy (non-hydrogen) atoms. The summed E-state index contributed by atoms with van der Waals surface area (Å²) in [5, 5.41) is 0. The molecule has 0 aliphatic rings. The van der Waals surface area contributed by atoms with E-state index in [9.17, 15) is 4.39 Å². The SMILES string of the molecule is CCCCOc1cc(F)ccc1C#CCCl. The number of hydrogen-bond acceptors (Lipinski definition) is 1. The maximum atomic E-state index is 13.0. The quantitative estimate of drug-likeness (QED) is 0.444. The number of hydrogen-bond donors (Lipinski definition) is 0. The molecule has 1 nitrogen and oxygen atoms in total. The fourth-order valence-corrected chi connectivity index (χ4v) is 1.24. The molecule has 3 heteroatoms. The Balaban J connectivity index is 2.81. The van der Waals surface area contributed by atoms with Crippen LogP contribution < -0.4 is 4.74 Å². The highest BCUT2D eigenvalue weighted by Crippen LogP contribution is 2.19. The lowest BCUT2D eigenvalue weighted by Crippen LogP contribution is -1.99. The van der Waals surface area contributed by atoms with Crippen molar-refractivity contribution in [1.29, 1.82) is 0 Å². The highest BCUT2D eigenvalue weighted by Gasteiger charge is 2.02. The second kappa shape index (κ2) is 7.14. The van der Waals surface area contributed by atoms with Crippen molar-refractivity contribution in [3.05, 3.63) is 29.6 Å². The molecule has 0 heterocycles. The van der Waals surface area contributed by atoms with E-state index in [1.54, 1.807) is 6.07 Å². The molecule has 0 bridgehead atoms. The lowest BCUT2D eigenvalue weighted by atomic mass is 10.2. The fourth-order valence-electron chi connectivity index (χ4n) is 1.17. The fraction of sp³-hybridized carbons (Fsp3) is 0.385. The molecule has 0 unspecified atom stereocenters. The Morgan fingerprint density at radius 1 is 1.44 bits per heavy atom. The van der Waals surface area contributed by atoms with Crippen molar-refractivity contribution in [2.45, 2.75) is 19.8 Å². The van der Waals surface area contributed by atoms with Crippen molar-refractivity contribution in [2.75, 3.05) is 12.5 Å². The lowest BCUT2D eigenvalue weighted by molar-refractivity contribution is 0.307. The van der Waals surface area contributed by atoms with Crippen LogP contribution in [0.2, 0.25) is 0 Å². The summed E-state index contributed by atoms with van der Waals surface area (Å²) in [5.41, 5.74) is 0.679. The smallest absolute Gasteiger partial charge is 0.137 e. The zero-order valence-electron chi connectivity index (χ0n) is 9.22. The zero-order chi connectivity index (χ0) is 11.8. The largest absolute Gasteiger partial charge is 0.492 e. The molecule has 0 aromatic heterocycles. The van der Waals surface area contributed by atoms with Crippen LogP contribution in [-0.4, -0.2) is 12.5 Å². The number of unbranched alkanes of at least 4 members (excludes halogenated alkanes) is 1. The molecule has 0 amide bonds. The van der Waals surface area contributed by atoms with Crippen LogP contribution in [0.4, 0.5) is 4.39 Å². The zero-order valence-corrected chi connectivity index (χ0v) is 9.98. The van der Waals surface area contributed by atoms with Gasteiger partial charge in [0, 0.05) is 6.07 Å². The molecule has 0 aliphatic carbocycles. The van der Waals surface area contributed by atoms with Crippen LogP contribution in [0.15, 0.2) is 18.2 Å². The van der Waals surface area contributed by atoms with Crippen LogP contribution in [0, 0.1) is 17.7 Å². The molecule has 86 valence electrons. The van der Waals surface area contributed by atoms with Gasteiger partial charge in [0.05, 0.1) is 18.1 Å². The first-order chi connectivity index (χ1) is 7.77. The summed E-state index contributed by atoms with van der Waals surface area (Å²) in [6, 6.07) is 4.33. The topological polar surface area (TPSA) is 9.23 Å². The summed E-state index contributed by atoms with van der Waals surface area (Å²) in [7, 11) is 0. The van der Waals surface area contributed by atoms with E-state index in [4.69, 9.17) is 16.3 Å². The summed E-state index contributed by atoms with van der Waals surface area (Å²) >= 11 is 5.47. The Morgan fingerprint density at radius 3 is 2.94 bits per heavy atom. The van der Waals surface area contributed by atoms with Gasteiger partial charge in [0.1, 0.15) is 11.6 Å². The van der Waals surface area contributed by atoms with Gasteiger partial charge < -0.3 is 4.74 Å². The van der Waals surface area contributed by atoms with E-state index in [1.807, 2.05) is 0 Å². The molecule has 0 radical (unpaired) electrons. The van der Waals surface area contributed by atoms with E-state index in [0.29, 0.717) is 17.9 Å². The van der Waals surface area contributed by atoms with Crippen molar-refractivity contribution in [2.24, 2.45) is 0 Å². The molecule has 1 rings (SSSR count). The van der Waals surface area contributed by atoms with Crippen LogP contribution in [-0.2, 0) is 0 Å². The van der Waals surface area contributed by atoms with Crippen molar-refractivity contribution >= 4 is 11.6 Å². The second-order valence-electron chi connectivity index (χ2n) is 3.28. The molecule has 0 fully saturated rings. The van der Waals surface area contributed by atoms with Crippen molar-refractivity contribution in [1.82, 2.24) is 0 Å². The summed E-state index contributed by atoms with van der Waals surface area (Å²) in [6.45, 7) is 2.65. The van der Waals surface area contributed by atoms with Crippen LogP contribution in [0.1, 0.15) is 25.3 Å². The number of ether oxygens (including phenoxy) is 1. The van der Waals surface area contributed by atoms with Crippen molar-refractivity contribution in [3.8, 4) is 17.6 Å². The Bertz CT molecular complexity index is 393. The minimum absolute atomic E-state index is 0.256. The Morgan fingerprint density at radius 2 is 2.25 bits per heavy atom. The molecule has 0 aliphatic heterocycles. The maximum absolute atomic E-state index is 13.0. The number of benzene rings is 1. The van der Waals surface area contributed by atoms with E-state index < -0.39 is 0 Å². The number of rotatable bonds is 4. The standard InChI is InChI=1S/C13H14ClFO/c1-2-3-9-16-13-10-12(15)7-6-11(13)5-4-8-14/h6-7,10H,2-3,8-9H2,1H3. The predicted molar refractivity (Wildman–Crippen MR) is 64.4 cm³/mol. The molecular weight excluding hydrogens is 227 g/mol. The van der Waals surface area contributed by atoms with Gasteiger partial charge in [-0.25, -0.2) is 4.39 Å². The van der Waals surface area contributed by atoms with Gasteiger partial charge in [0.2, 0.25) is 0 Å². The van der Waals surface area contributed by atoms with Crippen LogP contribution in [0.3, 0.4) is 0 Å². The third-order valence-corrected chi connectivity index (χ3v) is 2.12. The molecular formula is C13H14ClFO. The number of alkyl halides is 1. The summed E-state index contributed by atoms with van der Waals surface area (Å²) in [5.74, 6) is 6.00. The van der Waals surface area contributed by atoms with Gasteiger partial charge in [-0.15, -0.1) is 11.6 Å². The van der Waals surface area contributed by atoms with Gasteiger partial charge in [-0.05, 0) is 18.6 Å². The van der Waals surface area contributed by atoms with Gasteiger partial charge in [-0.3, -0.25) is 0 Å². The second-order valence-corrected chi connectivity index (χ2v) is 3.55. The van der Waals surface area contributed by atoms with E-state index in [-0.39, 0.29) is 11.7 Å². The highest BCUT2D eigenvalue weighted by atomic mass is 35.5. The Kier molecular flexibility index (Phi) is 5.74. The summed E-state index contributed by atoms with van der Waals surface area (Å²) in [4.78, 5) is 0. The highest BCUT2D eigenvalue weighted by molar-refractivity contribution is 6.19. The normalized spacial score (nSPS) is 9.44. The molecule has 0 spiro atoms. The minimum Gasteiger partial charge on any atom is -0.492 e. The first-order valence-electron chi connectivity index (χ1n) is 5.25. The summed E-state index contributed by atoms with van der Waals surface area (Å²) < 4.78 is 18.5. The van der Waals surface area contributed by atoms with Crippen molar-refractivity contribution in [3.63, 3.8) is 0 Å². The average Bonchev–Trinajstić information content (AvgIpc) is 2.28. The first-order valence-corrected chi connectivity index (χ1v) is 5.78. The van der Waals surface area contributed by atoms with Gasteiger partial charge in [0.25, 0.3) is 0 Å². The van der Waals surface area contributed by atoms with Crippen LogP contribution in [0.25, 0.3) is 0 Å². The van der Waals surface area contributed by atoms with Gasteiger partial charge in [-0.1, -0.05) is 25.2 Å². The molecule has 0 N–H and O–H groups in total. The van der Waals surface area contributed by atoms with E-state index in [0.717, 1.165) is 12.8 Å². The third kappa shape index (κ3) is 4.12. The van der Waals surface area contributed by atoms with Gasteiger partial charge >= 0.3 is 0 Å². The molecule has 1 aromatic rings. The predicted octanol–water partition coefficient (Wildman–Crippen LogP) is 3.59. The van der Waals surface area contributed by atoms with E-state index in [2.05, 4.69) is 18.8 Å². The third-order valence-electron chi connectivity index (χ3n) is 1.99. The monoisotopic (exact) mass is 240 g/mol. The summed E-state index contributed by atoms with van der Waals surface area (Å²) in [6.07, 6.45) is 1.98. The Labute approximate surface area is 101 Å². The van der Waals surface area contributed by atoms with Gasteiger partial charge in [-0.2, -0.15) is 0 Å². The van der Waals surface area contributed by atoms with Gasteiger partial charge in [0.15, 0.2) is 0 Å². The molecule has 0 saturated heterocycles. The van der Waals surface area contributed by atoms with Crippen LogP contribution in [0.5, 0.6) is 5.75 Å². The number of halogens is 2.